The number of para-hydroxylation sites is 2. The number of hydrogen-bond donors (Lipinski definition) is 0. The van der Waals surface area contributed by atoms with Crippen molar-refractivity contribution in [2.24, 2.45) is 0 Å². The molecule has 2 heterocycles. The lowest BCUT2D eigenvalue weighted by Crippen LogP contribution is -2.10. The third-order valence-electron chi connectivity index (χ3n) is 11.0. The minimum absolute atomic E-state index is 1.10. The van der Waals surface area contributed by atoms with E-state index < -0.39 is 0 Å². The number of rotatable bonds is 6. The zero-order valence-corrected chi connectivity index (χ0v) is 30.7. The molecule has 258 valence electrons. The second-order valence-corrected chi connectivity index (χ2v) is 15.2. The average molecular weight is 719 g/mol. The molecule has 2 nitrogen and oxygen atoms in total. The van der Waals surface area contributed by atoms with Gasteiger partial charge in [-0.25, -0.2) is 0 Å². The molecule has 0 radical (unpaired) electrons. The maximum Gasteiger partial charge on any atom is 0.0561 e. The second-order valence-electron chi connectivity index (χ2n) is 14.2. The topological polar surface area (TPSA) is 8.17 Å². The molecule has 0 atom stereocenters. The molecule has 11 rings (SSSR count). The van der Waals surface area contributed by atoms with Crippen molar-refractivity contribution in [1.29, 1.82) is 0 Å². The van der Waals surface area contributed by atoms with Gasteiger partial charge in [-0.2, -0.15) is 0 Å². The van der Waals surface area contributed by atoms with Gasteiger partial charge < -0.3 is 9.47 Å². The van der Waals surface area contributed by atoms with Crippen LogP contribution in [0.25, 0.3) is 80.7 Å². The molecule has 11 aromatic rings. The highest BCUT2D eigenvalue weighted by Crippen LogP contribution is 2.43. The Morgan fingerprint density at radius 2 is 0.909 bits per heavy atom. The molecule has 55 heavy (non-hydrogen) atoms. The average Bonchev–Trinajstić information content (AvgIpc) is 3.80. The Hall–Kier alpha value is -6.94. The highest BCUT2D eigenvalue weighted by atomic mass is 32.1. The molecule has 3 heteroatoms. The largest absolute Gasteiger partial charge is 0.310 e. The third-order valence-corrected chi connectivity index (χ3v) is 12.1. The molecule has 0 unspecified atom stereocenters. The fourth-order valence-electron chi connectivity index (χ4n) is 8.36. The van der Waals surface area contributed by atoms with Crippen molar-refractivity contribution in [2.45, 2.75) is 0 Å². The summed E-state index contributed by atoms with van der Waals surface area (Å²) in [6, 6.07) is 75.1. The molecule has 0 aliphatic rings. The van der Waals surface area contributed by atoms with Crippen molar-refractivity contribution in [3.8, 4) is 27.9 Å². The van der Waals surface area contributed by atoms with Crippen molar-refractivity contribution >= 4 is 81.1 Å². The fraction of sp³-hybridized carbons (Fsp3) is 0. The number of anilines is 3. The highest BCUT2D eigenvalue weighted by molar-refractivity contribution is 7.26. The van der Waals surface area contributed by atoms with Gasteiger partial charge in [0.1, 0.15) is 0 Å². The van der Waals surface area contributed by atoms with Crippen molar-refractivity contribution in [3.05, 3.63) is 206 Å². The summed E-state index contributed by atoms with van der Waals surface area (Å²) >= 11 is 1.88. The van der Waals surface area contributed by atoms with Gasteiger partial charge in [-0.05, 0) is 99.8 Å². The van der Waals surface area contributed by atoms with Crippen molar-refractivity contribution < 1.29 is 0 Å². The standard InChI is InChI=1S/C52H34N2S/c1-3-11-35(12-4-1)36-19-25-41(26-20-36)53(43-29-31-46-45-17-9-10-18-48(45)54(49(46)34-43)40-14-5-2-6-15-40)42-27-21-37(22-28-42)39-23-30-47-51(33-39)55-50-32-24-38-13-7-8-16-44(38)52(47)50/h1-34H. The first-order valence-electron chi connectivity index (χ1n) is 18.8. The molecule has 0 N–H and O–H groups in total. The zero-order valence-electron chi connectivity index (χ0n) is 29.9. The lowest BCUT2D eigenvalue weighted by Gasteiger charge is -2.26. The molecule has 0 bridgehead atoms. The van der Waals surface area contributed by atoms with Gasteiger partial charge in [0.25, 0.3) is 0 Å². The lowest BCUT2D eigenvalue weighted by molar-refractivity contribution is 1.18. The van der Waals surface area contributed by atoms with E-state index in [2.05, 4.69) is 216 Å². The monoisotopic (exact) mass is 718 g/mol. The van der Waals surface area contributed by atoms with Gasteiger partial charge in [0.2, 0.25) is 0 Å². The number of nitrogens with zero attached hydrogens (tertiary/aromatic N) is 2. The Bertz CT molecular complexity index is 3180. The van der Waals surface area contributed by atoms with Crippen LogP contribution in [0.2, 0.25) is 0 Å². The first-order valence-corrected chi connectivity index (χ1v) is 19.6. The molecule has 0 aliphatic carbocycles. The number of fused-ring (bicyclic) bond motifs is 8. The van der Waals surface area contributed by atoms with Crippen LogP contribution in [0.4, 0.5) is 17.1 Å². The van der Waals surface area contributed by atoms with E-state index in [9.17, 15) is 0 Å². The van der Waals surface area contributed by atoms with Crippen LogP contribution in [-0.2, 0) is 0 Å². The molecule has 0 amide bonds. The van der Waals surface area contributed by atoms with E-state index in [-0.39, 0.29) is 0 Å². The first-order chi connectivity index (χ1) is 27.3. The fourth-order valence-corrected chi connectivity index (χ4v) is 9.52. The van der Waals surface area contributed by atoms with Crippen molar-refractivity contribution in [3.63, 3.8) is 0 Å². The van der Waals surface area contributed by atoms with Crippen LogP contribution in [0, 0.1) is 0 Å². The quantitative estimate of drug-likeness (QED) is 0.166. The Labute approximate surface area is 323 Å². The summed E-state index contributed by atoms with van der Waals surface area (Å²) < 4.78 is 5.04. The number of hydrogen-bond acceptors (Lipinski definition) is 2. The molecule has 0 fully saturated rings. The van der Waals surface area contributed by atoms with Crippen LogP contribution in [0.15, 0.2) is 206 Å². The van der Waals surface area contributed by atoms with Gasteiger partial charge in [0.15, 0.2) is 0 Å². The normalized spacial score (nSPS) is 11.6. The van der Waals surface area contributed by atoms with Gasteiger partial charge in [0, 0.05) is 53.7 Å². The number of thiophene rings is 1. The van der Waals surface area contributed by atoms with Gasteiger partial charge in [-0.15, -0.1) is 11.3 Å². The van der Waals surface area contributed by atoms with E-state index in [4.69, 9.17) is 0 Å². The third kappa shape index (κ3) is 5.32. The maximum absolute atomic E-state index is 2.39. The minimum atomic E-state index is 1.10. The summed E-state index contributed by atoms with van der Waals surface area (Å²) in [5.74, 6) is 0. The van der Waals surface area contributed by atoms with Crippen LogP contribution in [0.3, 0.4) is 0 Å². The van der Waals surface area contributed by atoms with E-state index in [1.807, 2.05) is 11.3 Å². The Morgan fingerprint density at radius 1 is 0.345 bits per heavy atom. The molecular weight excluding hydrogens is 685 g/mol. The maximum atomic E-state index is 2.39. The summed E-state index contributed by atoms with van der Waals surface area (Å²) in [4.78, 5) is 2.38. The summed E-state index contributed by atoms with van der Waals surface area (Å²) in [6.45, 7) is 0. The predicted molar refractivity (Wildman–Crippen MR) is 237 cm³/mol. The zero-order chi connectivity index (χ0) is 36.3. The molecule has 0 spiro atoms. The van der Waals surface area contributed by atoms with E-state index in [0.717, 1.165) is 22.7 Å². The molecular formula is C52H34N2S. The molecule has 0 saturated heterocycles. The van der Waals surface area contributed by atoms with Crippen molar-refractivity contribution in [1.82, 2.24) is 4.57 Å². The summed E-state index contributed by atoms with van der Waals surface area (Å²) in [5, 5.41) is 7.78. The first kappa shape index (κ1) is 31.6. The van der Waals surface area contributed by atoms with Crippen molar-refractivity contribution in [2.75, 3.05) is 4.90 Å². The smallest absolute Gasteiger partial charge is 0.0561 e. The summed E-state index contributed by atoms with van der Waals surface area (Å²) in [5.41, 5.74) is 11.7. The van der Waals surface area contributed by atoms with Crippen LogP contribution in [0.1, 0.15) is 0 Å². The van der Waals surface area contributed by atoms with Gasteiger partial charge in [0.05, 0.1) is 11.0 Å². The predicted octanol–water partition coefficient (Wildman–Crippen LogP) is 15.1. The molecule has 2 aromatic heterocycles. The van der Waals surface area contributed by atoms with Gasteiger partial charge in [-0.3, -0.25) is 0 Å². The summed E-state index contributed by atoms with van der Waals surface area (Å²) in [6.07, 6.45) is 0. The minimum Gasteiger partial charge on any atom is -0.310 e. The number of aromatic nitrogens is 1. The number of benzene rings is 9. The summed E-state index contributed by atoms with van der Waals surface area (Å²) in [7, 11) is 0. The van der Waals surface area contributed by atoms with E-state index in [1.165, 1.54) is 75.0 Å². The Kier molecular flexibility index (Phi) is 7.39. The van der Waals surface area contributed by atoms with Crippen LogP contribution < -0.4 is 4.90 Å². The van der Waals surface area contributed by atoms with Crippen LogP contribution >= 0.6 is 11.3 Å². The van der Waals surface area contributed by atoms with Gasteiger partial charge >= 0.3 is 0 Å². The van der Waals surface area contributed by atoms with E-state index in [0.29, 0.717) is 0 Å². The highest BCUT2D eigenvalue weighted by Gasteiger charge is 2.18. The molecule has 9 aromatic carbocycles. The van der Waals surface area contributed by atoms with Crippen LogP contribution in [-0.4, -0.2) is 4.57 Å². The molecule has 0 aliphatic heterocycles. The Morgan fingerprint density at radius 3 is 1.67 bits per heavy atom. The van der Waals surface area contributed by atoms with Gasteiger partial charge in [-0.1, -0.05) is 140 Å². The SMILES string of the molecule is c1ccc(-c2ccc(N(c3ccc(-c4ccc5c(c4)sc4ccc6ccccc6c45)cc3)c3ccc4c5ccccc5n(-c5ccccc5)c4c3)cc2)cc1. The molecule has 0 saturated carbocycles. The lowest BCUT2D eigenvalue weighted by atomic mass is 10.0. The Balaban J connectivity index is 1.04. The van der Waals surface area contributed by atoms with E-state index in [1.54, 1.807) is 0 Å². The van der Waals surface area contributed by atoms with Crippen LogP contribution in [0.5, 0.6) is 0 Å². The van der Waals surface area contributed by atoms with E-state index >= 15 is 0 Å². The second kappa shape index (κ2) is 12.9.